The Morgan fingerprint density at radius 2 is 1.96 bits per heavy atom. The zero-order chi connectivity index (χ0) is 18.6. The molecule has 3 N–H and O–H groups in total. The summed E-state index contributed by atoms with van der Waals surface area (Å²) >= 11 is 0. The van der Waals surface area contributed by atoms with Crippen molar-refractivity contribution in [2.45, 2.75) is 18.6 Å². The number of nitrogens with one attached hydrogen (secondary N) is 1. The van der Waals surface area contributed by atoms with E-state index in [1.807, 2.05) is 18.3 Å². The topological polar surface area (TPSA) is 124 Å². The minimum Gasteiger partial charge on any atom is -0.478 e. The van der Waals surface area contributed by atoms with Gasteiger partial charge in [0.15, 0.2) is 5.84 Å². The van der Waals surface area contributed by atoms with E-state index in [0.717, 1.165) is 17.9 Å². The third-order valence-electron chi connectivity index (χ3n) is 4.64. The van der Waals surface area contributed by atoms with Gasteiger partial charge in [-0.15, -0.1) is 0 Å². The number of rotatable bonds is 3. The maximum atomic E-state index is 9.55. The Kier molecular flexibility index (Phi) is 5.17. The summed E-state index contributed by atoms with van der Waals surface area (Å²) in [6.07, 6.45) is 7.09. The van der Waals surface area contributed by atoms with E-state index >= 15 is 0 Å². The number of carboxylic acid groups (broad SMARTS) is 2. The lowest BCUT2D eigenvalue weighted by Crippen LogP contribution is -2.65. The summed E-state index contributed by atoms with van der Waals surface area (Å²) in [6, 6.07) is 3.92. The lowest BCUT2D eigenvalue weighted by atomic mass is 9.81. The molecule has 5 heterocycles. The second-order valence-electron chi connectivity index (χ2n) is 6.35. The van der Waals surface area contributed by atoms with Gasteiger partial charge in [-0.05, 0) is 38.1 Å². The Morgan fingerprint density at radius 3 is 2.46 bits per heavy atom. The van der Waals surface area contributed by atoms with Gasteiger partial charge in [0.05, 0.1) is 6.54 Å². The van der Waals surface area contributed by atoms with Crippen LogP contribution in [-0.4, -0.2) is 63.2 Å². The van der Waals surface area contributed by atoms with Crippen LogP contribution in [0.1, 0.15) is 18.4 Å². The van der Waals surface area contributed by atoms with Gasteiger partial charge in [0.25, 0.3) is 0 Å². The molecule has 5 rings (SSSR count). The fourth-order valence-corrected chi connectivity index (χ4v) is 3.41. The zero-order valence-electron chi connectivity index (χ0n) is 14.0. The van der Waals surface area contributed by atoms with Crippen molar-refractivity contribution in [1.29, 1.82) is 0 Å². The summed E-state index contributed by atoms with van der Waals surface area (Å²) in [5.74, 6) is -1.13. The Labute approximate surface area is 150 Å². The number of hydrogen-bond donors (Lipinski definition) is 3. The van der Waals surface area contributed by atoms with Crippen LogP contribution in [0, 0.1) is 5.92 Å². The normalized spacial score (nSPS) is 28.7. The first kappa shape index (κ1) is 17.9. The molecule has 1 atom stereocenters. The molecule has 3 saturated heterocycles. The van der Waals surface area contributed by atoms with Crippen molar-refractivity contribution in [2.24, 2.45) is 11.1 Å². The van der Waals surface area contributed by atoms with Crippen molar-refractivity contribution in [3.8, 4) is 0 Å². The van der Waals surface area contributed by atoms with Gasteiger partial charge < -0.3 is 20.4 Å². The number of carbonyl (C=O) groups is 2. The molecule has 1 spiro atoms. The number of aromatic nitrogens is 1. The molecule has 1 aromatic rings. The van der Waals surface area contributed by atoms with E-state index in [9.17, 15) is 9.59 Å². The molecule has 1 unspecified atom stereocenters. The first-order chi connectivity index (χ1) is 12.5. The van der Waals surface area contributed by atoms with Gasteiger partial charge in [0, 0.05) is 36.0 Å². The molecular weight excluding hydrogens is 340 g/mol. The van der Waals surface area contributed by atoms with Gasteiger partial charge in [-0.1, -0.05) is 5.16 Å². The maximum Gasteiger partial charge on any atom is 0.328 e. The molecular formula is C17H20N4O5. The molecule has 0 amide bonds. The van der Waals surface area contributed by atoms with Crippen molar-refractivity contribution in [1.82, 2.24) is 15.2 Å². The number of nitrogens with zero attached hydrogens (tertiary/aromatic N) is 3. The fourth-order valence-electron chi connectivity index (χ4n) is 3.41. The van der Waals surface area contributed by atoms with Crippen molar-refractivity contribution in [2.75, 3.05) is 19.6 Å². The highest BCUT2D eigenvalue weighted by molar-refractivity contribution is 5.99. The van der Waals surface area contributed by atoms with Gasteiger partial charge in [0.1, 0.15) is 0 Å². The molecule has 9 nitrogen and oxygen atoms in total. The predicted molar refractivity (Wildman–Crippen MR) is 91.3 cm³/mol. The molecule has 9 heteroatoms. The van der Waals surface area contributed by atoms with Crippen LogP contribution < -0.4 is 5.32 Å². The largest absolute Gasteiger partial charge is 0.478 e. The number of fused-ring (bicyclic) bond motifs is 2. The van der Waals surface area contributed by atoms with Gasteiger partial charge in [-0.2, -0.15) is 0 Å². The maximum absolute atomic E-state index is 9.55. The summed E-state index contributed by atoms with van der Waals surface area (Å²) in [4.78, 5) is 31.5. The highest BCUT2D eigenvalue weighted by Gasteiger charge is 2.52. The quantitative estimate of drug-likeness (QED) is 0.666. The number of amidine groups is 1. The van der Waals surface area contributed by atoms with E-state index in [4.69, 9.17) is 15.1 Å². The van der Waals surface area contributed by atoms with Gasteiger partial charge in [-0.25, -0.2) is 9.59 Å². The minimum absolute atomic E-state index is 0.290. The first-order valence-corrected chi connectivity index (χ1v) is 8.29. The van der Waals surface area contributed by atoms with Crippen LogP contribution in [0.25, 0.3) is 0 Å². The summed E-state index contributed by atoms with van der Waals surface area (Å²) in [5.41, 5.74) is 0.701. The summed E-state index contributed by atoms with van der Waals surface area (Å²) < 4.78 is 0. The Bertz CT molecular complexity index is 712. The molecule has 4 aliphatic heterocycles. The lowest BCUT2D eigenvalue weighted by molar-refractivity contribution is -0.148. The third kappa shape index (κ3) is 3.99. The molecule has 138 valence electrons. The highest BCUT2D eigenvalue weighted by Crippen LogP contribution is 2.38. The fraction of sp³-hybridized carbons (Fsp3) is 0.412. The number of carboxylic acids is 2. The molecule has 3 fully saturated rings. The van der Waals surface area contributed by atoms with E-state index in [2.05, 4.69) is 20.4 Å². The van der Waals surface area contributed by atoms with E-state index in [1.54, 1.807) is 6.20 Å². The van der Waals surface area contributed by atoms with Crippen molar-refractivity contribution >= 4 is 17.8 Å². The van der Waals surface area contributed by atoms with Gasteiger partial charge in [0.2, 0.25) is 5.72 Å². The Balaban J connectivity index is 0.000000211. The van der Waals surface area contributed by atoms with Crippen LogP contribution >= 0.6 is 0 Å². The van der Waals surface area contributed by atoms with Crippen LogP contribution in [0.4, 0.5) is 0 Å². The smallest absolute Gasteiger partial charge is 0.328 e. The van der Waals surface area contributed by atoms with Crippen LogP contribution in [0.15, 0.2) is 41.8 Å². The van der Waals surface area contributed by atoms with E-state index in [-0.39, 0.29) is 5.72 Å². The van der Waals surface area contributed by atoms with Crippen LogP contribution in [0.3, 0.4) is 0 Å². The number of aliphatic carboxylic acids is 2. The second kappa shape index (κ2) is 7.52. The Hall–Kier alpha value is -2.94. The van der Waals surface area contributed by atoms with Crippen molar-refractivity contribution < 1.29 is 24.6 Å². The van der Waals surface area contributed by atoms with Crippen LogP contribution in [-0.2, 0) is 14.4 Å². The summed E-state index contributed by atoms with van der Waals surface area (Å²) in [6.45, 7) is 3.32. The SMILES string of the molecule is O=C(O)/C=C/C(=O)O.c1cncc(C2=NOC3(CN4CCC3CC4)N2)c1. The molecule has 2 bridgehead atoms. The minimum atomic E-state index is -1.26. The van der Waals surface area contributed by atoms with E-state index < -0.39 is 11.9 Å². The van der Waals surface area contributed by atoms with Crippen LogP contribution in [0.5, 0.6) is 0 Å². The molecule has 0 aromatic carbocycles. The zero-order valence-corrected chi connectivity index (χ0v) is 14.0. The number of hydrogen-bond acceptors (Lipinski definition) is 7. The number of piperidine rings is 3. The van der Waals surface area contributed by atoms with Gasteiger partial charge in [-0.3, -0.25) is 9.88 Å². The Morgan fingerprint density at radius 1 is 1.27 bits per heavy atom. The standard InChI is InChI=1S/C13H16N4O.C4H4O4/c1-2-10(8-14-5-1)12-15-13(18-16-12)9-17-6-3-11(13)4-7-17;5-3(6)1-2-4(7)8/h1-2,5,8,11H,3-4,6-7,9H2,(H,15,16);1-2H,(H,5,6)(H,7,8)/b;2-1+. The molecule has 1 aromatic heterocycles. The first-order valence-electron chi connectivity index (χ1n) is 8.29. The third-order valence-corrected chi connectivity index (χ3v) is 4.64. The second-order valence-corrected chi connectivity index (χ2v) is 6.35. The van der Waals surface area contributed by atoms with Gasteiger partial charge >= 0.3 is 11.9 Å². The molecule has 0 aliphatic carbocycles. The average molecular weight is 360 g/mol. The highest BCUT2D eigenvalue weighted by atomic mass is 16.7. The van der Waals surface area contributed by atoms with E-state index in [0.29, 0.717) is 18.1 Å². The summed E-state index contributed by atoms with van der Waals surface area (Å²) in [5, 5.41) is 23.4. The molecule has 0 saturated carbocycles. The molecule has 4 aliphatic rings. The monoisotopic (exact) mass is 360 g/mol. The molecule has 26 heavy (non-hydrogen) atoms. The number of pyridine rings is 1. The number of oxime groups is 1. The predicted octanol–water partition coefficient (Wildman–Crippen LogP) is 0.497. The van der Waals surface area contributed by atoms with Crippen molar-refractivity contribution in [3.05, 3.63) is 42.2 Å². The van der Waals surface area contributed by atoms with E-state index in [1.165, 1.54) is 25.9 Å². The average Bonchev–Trinajstić information content (AvgIpc) is 3.06. The summed E-state index contributed by atoms with van der Waals surface area (Å²) in [7, 11) is 0. The molecule has 0 radical (unpaired) electrons. The van der Waals surface area contributed by atoms with Crippen molar-refractivity contribution in [3.63, 3.8) is 0 Å². The van der Waals surface area contributed by atoms with Crippen LogP contribution in [0.2, 0.25) is 0 Å². The lowest BCUT2D eigenvalue weighted by Gasteiger charge is -2.49.